The summed E-state index contributed by atoms with van der Waals surface area (Å²) in [5.74, 6) is 0.611. The van der Waals surface area contributed by atoms with Crippen LogP contribution < -0.4 is 10.3 Å². The minimum Gasteiger partial charge on any atom is -0.497 e. The number of halogens is 1. The molecule has 0 atom stereocenters. The maximum absolute atomic E-state index is 12.0. The molecule has 0 bridgehead atoms. The fourth-order valence-corrected chi connectivity index (χ4v) is 1.85. The lowest BCUT2D eigenvalue weighted by Crippen LogP contribution is -2.23. The first-order valence-electron chi connectivity index (χ1n) is 5.02. The van der Waals surface area contributed by atoms with E-state index in [1.54, 1.807) is 18.2 Å². The quantitative estimate of drug-likeness (QED) is 0.832. The van der Waals surface area contributed by atoms with E-state index in [2.05, 4.69) is 4.98 Å². The summed E-state index contributed by atoms with van der Waals surface area (Å²) in [5.41, 5.74) is 0.213. The summed E-state index contributed by atoms with van der Waals surface area (Å²) in [6.45, 7) is -0.0321. The maximum Gasteiger partial charge on any atom is 0.262 e. The van der Waals surface area contributed by atoms with Crippen molar-refractivity contribution in [3.8, 4) is 5.75 Å². The van der Waals surface area contributed by atoms with Crippen molar-refractivity contribution in [1.82, 2.24) is 9.55 Å². The van der Waals surface area contributed by atoms with Gasteiger partial charge in [0.2, 0.25) is 5.28 Å². The Morgan fingerprint density at radius 3 is 2.94 bits per heavy atom. The Balaban J connectivity index is 2.72. The van der Waals surface area contributed by atoms with Crippen LogP contribution >= 0.6 is 11.6 Å². The lowest BCUT2D eigenvalue weighted by atomic mass is 10.2. The van der Waals surface area contributed by atoms with E-state index in [1.807, 2.05) is 0 Å². The predicted octanol–water partition coefficient (Wildman–Crippen LogP) is 1.05. The molecular weight excluding hydrogens is 244 g/mol. The fraction of sp³-hybridized carbons (Fsp3) is 0.273. The Morgan fingerprint density at radius 1 is 1.53 bits per heavy atom. The van der Waals surface area contributed by atoms with Gasteiger partial charge in [-0.05, 0) is 23.7 Å². The number of fused-ring (bicyclic) bond motifs is 1. The van der Waals surface area contributed by atoms with E-state index in [1.165, 1.54) is 11.7 Å². The third-order valence-corrected chi connectivity index (χ3v) is 2.73. The van der Waals surface area contributed by atoms with Gasteiger partial charge in [-0.2, -0.15) is 0 Å². The maximum atomic E-state index is 12.0. The van der Waals surface area contributed by atoms with E-state index in [9.17, 15) is 4.79 Å². The fourth-order valence-electron chi connectivity index (χ4n) is 1.59. The second-order valence-corrected chi connectivity index (χ2v) is 3.78. The number of aromatic nitrogens is 2. The Labute approximate surface area is 102 Å². The average Bonchev–Trinajstić information content (AvgIpc) is 2.33. The van der Waals surface area contributed by atoms with E-state index in [-0.39, 0.29) is 24.0 Å². The minimum absolute atomic E-state index is 0.0600. The number of ether oxygens (including phenoxy) is 1. The van der Waals surface area contributed by atoms with E-state index in [0.717, 1.165) is 0 Å². The Kier molecular flexibility index (Phi) is 3.31. The zero-order chi connectivity index (χ0) is 12.4. The van der Waals surface area contributed by atoms with Crippen molar-refractivity contribution in [2.24, 2.45) is 0 Å². The standard InChI is InChI=1S/C11H11ClN2O3/c1-17-7-2-3-8-9(6-7)13-11(12)14(4-5-15)10(8)16/h2-3,6,15H,4-5H2,1H3. The zero-order valence-electron chi connectivity index (χ0n) is 9.18. The van der Waals surface area contributed by atoms with Crippen LogP contribution in [0, 0.1) is 0 Å². The normalized spacial score (nSPS) is 10.8. The van der Waals surface area contributed by atoms with Crippen LogP contribution in [0.15, 0.2) is 23.0 Å². The van der Waals surface area contributed by atoms with E-state index >= 15 is 0 Å². The van der Waals surface area contributed by atoms with Gasteiger partial charge < -0.3 is 9.84 Å². The van der Waals surface area contributed by atoms with E-state index in [0.29, 0.717) is 16.7 Å². The van der Waals surface area contributed by atoms with Gasteiger partial charge in [-0.15, -0.1) is 0 Å². The first-order chi connectivity index (χ1) is 8.17. The van der Waals surface area contributed by atoms with Crippen LogP contribution in [0.5, 0.6) is 5.75 Å². The Hall–Kier alpha value is -1.59. The lowest BCUT2D eigenvalue weighted by Gasteiger charge is -2.08. The molecule has 0 fully saturated rings. The minimum atomic E-state index is -0.267. The van der Waals surface area contributed by atoms with E-state index < -0.39 is 0 Å². The lowest BCUT2D eigenvalue weighted by molar-refractivity contribution is 0.274. The second-order valence-electron chi connectivity index (χ2n) is 3.44. The van der Waals surface area contributed by atoms with Gasteiger partial charge in [0, 0.05) is 6.07 Å². The van der Waals surface area contributed by atoms with Gasteiger partial charge in [0.1, 0.15) is 5.75 Å². The number of aliphatic hydroxyl groups excluding tert-OH is 1. The summed E-state index contributed by atoms with van der Waals surface area (Å²) in [5, 5.41) is 9.36. The molecule has 17 heavy (non-hydrogen) atoms. The van der Waals surface area contributed by atoms with Crippen molar-refractivity contribution in [1.29, 1.82) is 0 Å². The molecule has 0 saturated carbocycles. The molecule has 0 aliphatic rings. The molecule has 0 spiro atoms. The summed E-state index contributed by atoms with van der Waals surface area (Å²) in [7, 11) is 1.54. The van der Waals surface area contributed by atoms with Gasteiger partial charge in [0.05, 0.1) is 31.2 Å². The number of rotatable bonds is 3. The largest absolute Gasteiger partial charge is 0.497 e. The van der Waals surface area contributed by atoms with Gasteiger partial charge >= 0.3 is 0 Å². The average molecular weight is 255 g/mol. The molecule has 1 heterocycles. The highest BCUT2D eigenvalue weighted by Crippen LogP contribution is 2.18. The Bertz CT molecular complexity index is 609. The molecular formula is C11H11ClN2O3. The monoisotopic (exact) mass is 254 g/mol. The topological polar surface area (TPSA) is 64.3 Å². The first kappa shape index (κ1) is 11.9. The highest BCUT2D eigenvalue weighted by molar-refractivity contribution is 6.28. The number of aliphatic hydroxyl groups is 1. The predicted molar refractivity (Wildman–Crippen MR) is 64.7 cm³/mol. The molecule has 6 heteroatoms. The molecule has 90 valence electrons. The molecule has 1 N–H and O–H groups in total. The molecule has 0 aliphatic heterocycles. The summed E-state index contributed by atoms with van der Waals surface area (Å²) in [6, 6.07) is 4.96. The number of hydrogen-bond acceptors (Lipinski definition) is 4. The summed E-state index contributed by atoms with van der Waals surface area (Å²) in [4.78, 5) is 16.1. The van der Waals surface area contributed by atoms with Gasteiger partial charge in [0.15, 0.2) is 0 Å². The zero-order valence-corrected chi connectivity index (χ0v) is 9.94. The van der Waals surface area contributed by atoms with Crippen LogP contribution in [-0.4, -0.2) is 28.4 Å². The van der Waals surface area contributed by atoms with Crippen LogP contribution in [0.25, 0.3) is 10.9 Å². The smallest absolute Gasteiger partial charge is 0.262 e. The third kappa shape index (κ3) is 2.11. The number of hydrogen-bond donors (Lipinski definition) is 1. The number of benzene rings is 1. The van der Waals surface area contributed by atoms with Crippen LogP contribution in [0.3, 0.4) is 0 Å². The molecule has 2 rings (SSSR count). The highest BCUT2D eigenvalue weighted by atomic mass is 35.5. The highest BCUT2D eigenvalue weighted by Gasteiger charge is 2.09. The van der Waals surface area contributed by atoms with Crippen molar-refractivity contribution in [2.75, 3.05) is 13.7 Å². The second kappa shape index (κ2) is 4.73. The SMILES string of the molecule is COc1ccc2c(=O)n(CCO)c(Cl)nc2c1. The number of methoxy groups -OCH3 is 1. The first-order valence-corrected chi connectivity index (χ1v) is 5.40. The van der Waals surface area contributed by atoms with Crippen molar-refractivity contribution in [2.45, 2.75) is 6.54 Å². The number of nitrogens with zero attached hydrogens (tertiary/aromatic N) is 2. The third-order valence-electron chi connectivity index (χ3n) is 2.44. The summed E-state index contributed by atoms with van der Waals surface area (Å²) >= 11 is 5.88. The van der Waals surface area contributed by atoms with Crippen molar-refractivity contribution >= 4 is 22.5 Å². The van der Waals surface area contributed by atoms with Gasteiger partial charge in [0.25, 0.3) is 5.56 Å². The molecule has 1 aromatic heterocycles. The van der Waals surface area contributed by atoms with Crippen LogP contribution in [0.4, 0.5) is 0 Å². The molecule has 0 amide bonds. The molecule has 0 radical (unpaired) electrons. The van der Waals surface area contributed by atoms with E-state index in [4.69, 9.17) is 21.4 Å². The molecule has 5 nitrogen and oxygen atoms in total. The van der Waals surface area contributed by atoms with Gasteiger partial charge in [-0.25, -0.2) is 4.98 Å². The molecule has 1 aromatic carbocycles. The van der Waals surface area contributed by atoms with Crippen LogP contribution in [0.1, 0.15) is 0 Å². The summed E-state index contributed by atoms with van der Waals surface area (Å²) in [6.07, 6.45) is 0. The molecule has 0 unspecified atom stereocenters. The van der Waals surface area contributed by atoms with Crippen molar-refractivity contribution in [3.05, 3.63) is 33.8 Å². The van der Waals surface area contributed by atoms with Crippen molar-refractivity contribution in [3.63, 3.8) is 0 Å². The van der Waals surface area contributed by atoms with Crippen LogP contribution in [-0.2, 0) is 6.54 Å². The van der Waals surface area contributed by atoms with Gasteiger partial charge in [-0.3, -0.25) is 9.36 Å². The Morgan fingerprint density at radius 2 is 2.29 bits per heavy atom. The van der Waals surface area contributed by atoms with Gasteiger partial charge in [-0.1, -0.05) is 0 Å². The van der Waals surface area contributed by atoms with Crippen LogP contribution in [0.2, 0.25) is 5.28 Å². The molecule has 0 saturated heterocycles. The molecule has 2 aromatic rings. The summed E-state index contributed by atoms with van der Waals surface area (Å²) < 4.78 is 6.28. The molecule has 0 aliphatic carbocycles. The van der Waals surface area contributed by atoms with Crippen molar-refractivity contribution < 1.29 is 9.84 Å².